The molecule has 2 unspecified atom stereocenters. The number of methoxy groups -OCH3 is 1. The summed E-state index contributed by atoms with van der Waals surface area (Å²) in [4.78, 5) is 0. The van der Waals surface area contributed by atoms with Crippen molar-refractivity contribution in [1.29, 1.82) is 0 Å². The van der Waals surface area contributed by atoms with E-state index >= 15 is 0 Å². The Morgan fingerprint density at radius 2 is 1.82 bits per heavy atom. The summed E-state index contributed by atoms with van der Waals surface area (Å²) in [6.45, 7) is 0.0584. The lowest BCUT2D eigenvalue weighted by atomic mass is 9.83. The lowest BCUT2D eigenvalue weighted by Crippen LogP contribution is -2.48. The molecule has 0 amide bonds. The number of aliphatic hydroxyl groups is 1. The van der Waals surface area contributed by atoms with Crippen molar-refractivity contribution in [3.63, 3.8) is 0 Å². The van der Waals surface area contributed by atoms with Gasteiger partial charge in [-0.2, -0.15) is 0 Å². The van der Waals surface area contributed by atoms with Gasteiger partial charge in [0.2, 0.25) is 0 Å². The largest absolute Gasteiger partial charge is 0.508 e. The third-order valence-corrected chi connectivity index (χ3v) is 3.93. The molecule has 2 atom stereocenters. The van der Waals surface area contributed by atoms with E-state index in [1.165, 1.54) is 13.2 Å². The maximum Gasteiger partial charge on any atom is 0.133 e. The molecule has 0 fully saturated rings. The van der Waals surface area contributed by atoms with Crippen molar-refractivity contribution in [2.45, 2.75) is 18.1 Å². The van der Waals surface area contributed by atoms with Gasteiger partial charge < -0.3 is 24.8 Å². The normalized spacial score (nSPS) is 23.6. The quantitative estimate of drug-likeness (QED) is 0.809. The zero-order valence-electron chi connectivity index (χ0n) is 12.2. The number of hydrogen-bond donors (Lipinski definition) is 3. The molecule has 1 heterocycles. The first kappa shape index (κ1) is 14.7. The van der Waals surface area contributed by atoms with Crippen LogP contribution in [0.15, 0.2) is 42.5 Å². The fraction of sp³-hybridized carbons (Fsp3) is 0.294. The monoisotopic (exact) mass is 302 g/mol. The van der Waals surface area contributed by atoms with Crippen LogP contribution in [-0.2, 0) is 11.2 Å². The molecule has 0 aliphatic carbocycles. The molecule has 116 valence electrons. The van der Waals surface area contributed by atoms with Gasteiger partial charge in [0.05, 0.1) is 0 Å². The van der Waals surface area contributed by atoms with Gasteiger partial charge in [0.25, 0.3) is 0 Å². The summed E-state index contributed by atoms with van der Waals surface area (Å²) in [5.41, 5.74) is 0.344. The molecular weight excluding hydrogens is 284 g/mol. The SMILES string of the molecule is COC1c2ccc(O)cc2OCC1(O)Cc1ccc(O)cc1. The number of benzene rings is 2. The highest BCUT2D eigenvalue weighted by molar-refractivity contribution is 5.44. The number of rotatable bonds is 3. The van der Waals surface area contributed by atoms with Crippen molar-refractivity contribution < 1.29 is 24.8 Å². The van der Waals surface area contributed by atoms with E-state index in [0.717, 1.165) is 5.56 Å². The van der Waals surface area contributed by atoms with Gasteiger partial charge in [0, 0.05) is 25.2 Å². The second-order valence-electron chi connectivity index (χ2n) is 5.57. The average molecular weight is 302 g/mol. The van der Waals surface area contributed by atoms with Crippen LogP contribution in [0, 0.1) is 0 Å². The van der Waals surface area contributed by atoms with Gasteiger partial charge >= 0.3 is 0 Å². The van der Waals surface area contributed by atoms with E-state index in [1.807, 2.05) is 0 Å². The van der Waals surface area contributed by atoms with E-state index in [1.54, 1.807) is 36.4 Å². The lowest BCUT2D eigenvalue weighted by molar-refractivity contribution is -0.129. The molecule has 3 rings (SSSR count). The number of aromatic hydroxyl groups is 2. The first-order chi connectivity index (χ1) is 10.5. The standard InChI is InChI=1S/C17H18O5/c1-21-16-14-7-6-13(19)8-15(14)22-10-17(16,20)9-11-2-4-12(18)5-3-11/h2-8,16,18-20H,9-10H2,1H3. The van der Waals surface area contributed by atoms with Crippen molar-refractivity contribution in [2.24, 2.45) is 0 Å². The van der Waals surface area contributed by atoms with Crippen molar-refractivity contribution in [3.05, 3.63) is 53.6 Å². The second-order valence-corrected chi connectivity index (χ2v) is 5.57. The molecule has 5 nitrogen and oxygen atoms in total. The fourth-order valence-electron chi connectivity index (χ4n) is 2.89. The van der Waals surface area contributed by atoms with E-state index in [4.69, 9.17) is 9.47 Å². The summed E-state index contributed by atoms with van der Waals surface area (Å²) in [7, 11) is 1.54. The Morgan fingerprint density at radius 3 is 2.50 bits per heavy atom. The van der Waals surface area contributed by atoms with E-state index in [2.05, 4.69) is 0 Å². The van der Waals surface area contributed by atoms with Crippen LogP contribution < -0.4 is 4.74 Å². The first-order valence-electron chi connectivity index (χ1n) is 7.00. The second kappa shape index (κ2) is 5.51. The third kappa shape index (κ3) is 2.61. The number of ether oxygens (including phenoxy) is 2. The molecule has 0 saturated heterocycles. The van der Waals surface area contributed by atoms with Gasteiger partial charge in [-0.15, -0.1) is 0 Å². The lowest BCUT2D eigenvalue weighted by Gasteiger charge is -2.40. The summed E-state index contributed by atoms with van der Waals surface area (Å²) < 4.78 is 11.1. The molecule has 2 aromatic rings. The number of fused-ring (bicyclic) bond motifs is 1. The third-order valence-electron chi connectivity index (χ3n) is 3.93. The predicted octanol–water partition coefficient (Wildman–Crippen LogP) is 2.15. The summed E-state index contributed by atoms with van der Waals surface area (Å²) in [5, 5.41) is 29.9. The molecule has 0 radical (unpaired) electrons. The van der Waals surface area contributed by atoms with Gasteiger partial charge in [-0.1, -0.05) is 12.1 Å². The van der Waals surface area contributed by atoms with E-state index in [0.29, 0.717) is 17.7 Å². The average Bonchev–Trinajstić information content (AvgIpc) is 2.50. The Bertz CT molecular complexity index is 667. The maximum absolute atomic E-state index is 11.0. The van der Waals surface area contributed by atoms with E-state index < -0.39 is 11.7 Å². The minimum atomic E-state index is -1.23. The number of hydrogen-bond acceptors (Lipinski definition) is 5. The zero-order chi connectivity index (χ0) is 15.7. The highest BCUT2D eigenvalue weighted by Crippen LogP contribution is 2.42. The van der Waals surface area contributed by atoms with Crippen molar-refractivity contribution >= 4 is 0 Å². The molecule has 22 heavy (non-hydrogen) atoms. The molecule has 2 aromatic carbocycles. The van der Waals surface area contributed by atoms with Crippen LogP contribution in [0.2, 0.25) is 0 Å². The Balaban J connectivity index is 1.92. The number of phenols is 2. The summed E-state index contributed by atoms with van der Waals surface area (Å²) in [5.74, 6) is 0.805. The Kier molecular flexibility index (Phi) is 3.68. The van der Waals surface area contributed by atoms with Gasteiger partial charge in [-0.25, -0.2) is 0 Å². The molecule has 0 bridgehead atoms. The predicted molar refractivity (Wildman–Crippen MR) is 80.1 cm³/mol. The van der Waals surface area contributed by atoms with Gasteiger partial charge in [0.1, 0.15) is 35.6 Å². The minimum Gasteiger partial charge on any atom is -0.508 e. The van der Waals surface area contributed by atoms with Crippen LogP contribution >= 0.6 is 0 Å². The Hall–Kier alpha value is -2.24. The topological polar surface area (TPSA) is 79.2 Å². The molecule has 0 saturated carbocycles. The van der Waals surface area contributed by atoms with Crippen molar-refractivity contribution in [1.82, 2.24) is 0 Å². The summed E-state index contributed by atoms with van der Waals surface area (Å²) >= 11 is 0. The molecular formula is C17H18O5. The van der Waals surface area contributed by atoms with Crippen molar-refractivity contribution in [3.8, 4) is 17.2 Å². The van der Waals surface area contributed by atoms with Gasteiger partial charge in [0.15, 0.2) is 0 Å². The Labute approximate surface area is 128 Å². The molecule has 5 heteroatoms. The smallest absolute Gasteiger partial charge is 0.133 e. The van der Waals surface area contributed by atoms with Crippen LogP contribution in [-0.4, -0.2) is 34.6 Å². The van der Waals surface area contributed by atoms with Crippen LogP contribution in [0.3, 0.4) is 0 Å². The first-order valence-corrected chi connectivity index (χ1v) is 7.00. The Morgan fingerprint density at radius 1 is 1.14 bits per heavy atom. The van der Waals surface area contributed by atoms with E-state index in [-0.39, 0.29) is 18.1 Å². The van der Waals surface area contributed by atoms with Crippen LogP contribution in [0.4, 0.5) is 0 Å². The fourth-order valence-corrected chi connectivity index (χ4v) is 2.89. The van der Waals surface area contributed by atoms with Gasteiger partial charge in [-0.3, -0.25) is 0 Å². The highest BCUT2D eigenvalue weighted by atomic mass is 16.5. The molecule has 0 spiro atoms. The molecule has 3 N–H and O–H groups in total. The van der Waals surface area contributed by atoms with Crippen LogP contribution in [0.1, 0.15) is 17.2 Å². The van der Waals surface area contributed by atoms with Crippen LogP contribution in [0.5, 0.6) is 17.2 Å². The van der Waals surface area contributed by atoms with Gasteiger partial charge in [-0.05, 0) is 29.8 Å². The molecule has 1 aliphatic heterocycles. The summed E-state index contributed by atoms with van der Waals surface area (Å²) in [6.07, 6.45) is -0.239. The zero-order valence-corrected chi connectivity index (χ0v) is 12.2. The highest BCUT2D eigenvalue weighted by Gasteiger charge is 2.44. The van der Waals surface area contributed by atoms with E-state index in [9.17, 15) is 15.3 Å². The van der Waals surface area contributed by atoms with Crippen LogP contribution in [0.25, 0.3) is 0 Å². The number of phenolic OH excluding ortho intramolecular Hbond substituents is 2. The van der Waals surface area contributed by atoms with Crippen molar-refractivity contribution in [2.75, 3.05) is 13.7 Å². The summed E-state index contributed by atoms with van der Waals surface area (Å²) in [6, 6.07) is 11.4. The maximum atomic E-state index is 11.0. The molecule has 1 aliphatic rings. The minimum absolute atomic E-state index is 0.0584. The molecule has 0 aromatic heterocycles.